The summed E-state index contributed by atoms with van der Waals surface area (Å²) < 4.78 is 0. The van der Waals surface area contributed by atoms with Crippen molar-refractivity contribution in [1.29, 1.82) is 0 Å². The molecule has 17 heavy (non-hydrogen) atoms. The zero-order chi connectivity index (χ0) is 12.3. The molecule has 0 heterocycles. The predicted octanol–water partition coefficient (Wildman–Crippen LogP) is 2.74. The molecule has 1 saturated carbocycles. The number of benzene rings is 1. The molecule has 0 spiro atoms. The molecule has 3 nitrogen and oxygen atoms in total. The van der Waals surface area contributed by atoms with Crippen molar-refractivity contribution in [3.05, 3.63) is 29.8 Å². The number of hydrogen-bond acceptors (Lipinski definition) is 2. The quantitative estimate of drug-likeness (QED) is 0.846. The molecule has 1 aliphatic rings. The van der Waals surface area contributed by atoms with Gasteiger partial charge in [-0.05, 0) is 31.4 Å². The lowest BCUT2D eigenvalue weighted by Gasteiger charge is -2.18. The molecule has 1 aliphatic carbocycles. The summed E-state index contributed by atoms with van der Waals surface area (Å²) >= 11 is 0. The lowest BCUT2D eigenvalue weighted by Crippen LogP contribution is -2.29. The van der Waals surface area contributed by atoms with Crippen LogP contribution in [-0.4, -0.2) is 30.4 Å². The average Bonchev–Trinajstić information content (AvgIpc) is 3.19. The second kappa shape index (κ2) is 5.21. The summed E-state index contributed by atoms with van der Waals surface area (Å²) in [5.74, 6) is 0.131. The van der Waals surface area contributed by atoms with E-state index >= 15 is 0 Å². The van der Waals surface area contributed by atoms with Gasteiger partial charge in [-0.1, -0.05) is 19.1 Å². The zero-order valence-corrected chi connectivity index (χ0v) is 10.6. The van der Waals surface area contributed by atoms with Crippen LogP contribution in [0.15, 0.2) is 24.3 Å². The second-order valence-corrected chi connectivity index (χ2v) is 4.62. The highest BCUT2D eigenvalue weighted by molar-refractivity contribution is 5.99. The minimum absolute atomic E-state index is 0.131. The monoisotopic (exact) mass is 232 g/mol. The zero-order valence-electron chi connectivity index (χ0n) is 10.6. The van der Waals surface area contributed by atoms with E-state index in [0.717, 1.165) is 37.1 Å². The summed E-state index contributed by atoms with van der Waals surface area (Å²) in [6, 6.07) is 8.22. The molecule has 0 bridgehead atoms. The minimum Gasteiger partial charge on any atom is -0.384 e. The van der Waals surface area contributed by atoms with Crippen LogP contribution in [0.4, 0.5) is 5.69 Å². The van der Waals surface area contributed by atoms with Gasteiger partial charge in [0.25, 0.3) is 5.91 Å². The Morgan fingerprint density at radius 2 is 2.12 bits per heavy atom. The molecule has 1 N–H and O–H groups in total. The third kappa shape index (κ3) is 2.78. The van der Waals surface area contributed by atoms with Crippen molar-refractivity contribution in [2.45, 2.75) is 32.2 Å². The lowest BCUT2D eigenvalue weighted by atomic mass is 10.1. The summed E-state index contributed by atoms with van der Waals surface area (Å²) in [6.45, 7) is 3.02. The number of rotatable bonds is 5. The number of nitrogens with zero attached hydrogens (tertiary/aromatic N) is 1. The van der Waals surface area contributed by atoms with Crippen LogP contribution in [-0.2, 0) is 0 Å². The Kier molecular flexibility index (Phi) is 3.67. The molecule has 0 aromatic heterocycles. The molecule has 1 fully saturated rings. The smallest absolute Gasteiger partial charge is 0.255 e. The number of nitrogens with one attached hydrogen (secondary N) is 1. The fourth-order valence-corrected chi connectivity index (χ4v) is 1.90. The summed E-state index contributed by atoms with van der Waals surface area (Å²) in [5, 5.41) is 3.31. The molecular weight excluding hydrogens is 212 g/mol. The highest BCUT2D eigenvalue weighted by atomic mass is 16.2. The van der Waals surface area contributed by atoms with Gasteiger partial charge >= 0.3 is 0 Å². The summed E-state index contributed by atoms with van der Waals surface area (Å²) in [7, 11) is 1.90. The SMILES string of the molecule is CCCNc1ccccc1C(=O)N(C)C1CC1. The molecule has 2 rings (SSSR count). The molecule has 0 saturated heterocycles. The largest absolute Gasteiger partial charge is 0.384 e. The Morgan fingerprint density at radius 3 is 2.76 bits per heavy atom. The molecule has 0 unspecified atom stereocenters. The number of amides is 1. The Morgan fingerprint density at radius 1 is 1.41 bits per heavy atom. The van der Waals surface area contributed by atoms with E-state index in [0.29, 0.717) is 6.04 Å². The van der Waals surface area contributed by atoms with Crippen LogP contribution in [0.1, 0.15) is 36.5 Å². The third-order valence-corrected chi connectivity index (χ3v) is 3.14. The topological polar surface area (TPSA) is 32.3 Å². The van der Waals surface area contributed by atoms with Crippen molar-refractivity contribution in [2.75, 3.05) is 18.9 Å². The summed E-state index contributed by atoms with van der Waals surface area (Å²) in [5.41, 5.74) is 1.74. The molecule has 3 heteroatoms. The Balaban J connectivity index is 2.15. The van der Waals surface area contributed by atoms with E-state index in [1.54, 1.807) is 0 Å². The second-order valence-electron chi connectivity index (χ2n) is 4.62. The van der Waals surface area contributed by atoms with Crippen LogP contribution in [0.2, 0.25) is 0 Å². The van der Waals surface area contributed by atoms with E-state index in [1.807, 2.05) is 36.2 Å². The van der Waals surface area contributed by atoms with Crippen molar-refractivity contribution in [2.24, 2.45) is 0 Å². The maximum absolute atomic E-state index is 12.3. The first-order valence-electron chi connectivity index (χ1n) is 6.34. The van der Waals surface area contributed by atoms with Gasteiger partial charge in [-0.3, -0.25) is 4.79 Å². The van der Waals surface area contributed by atoms with Crippen molar-refractivity contribution in [1.82, 2.24) is 4.90 Å². The van der Waals surface area contributed by atoms with E-state index < -0.39 is 0 Å². The van der Waals surface area contributed by atoms with Crippen LogP contribution < -0.4 is 5.32 Å². The Bertz CT molecular complexity index is 399. The number of anilines is 1. The Hall–Kier alpha value is -1.51. The van der Waals surface area contributed by atoms with Gasteiger partial charge in [-0.15, -0.1) is 0 Å². The summed E-state index contributed by atoms with van der Waals surface area (Å²) in [4.78, 5) is 14.2. The van der Waals surface area contributed by atoms with Gasteiger partial charge in [0.2, 0.25) is 0 Å². The fraction of sp³-hybridized carbons (Fsp3) is 0.500. The van der Waals surface area contributed by atoms with Crippen LogP contribution in [0.3, 0.4) is 0 Å². The standard InChI is InChI=1S/C14H20N2O/c1-3-10-15-13-7-5-4-6-12(13)14(17)16(2)11-8-9-11/h4-7,11,15H,3,8-10H2,1-2H3. The molecule has 0 aliphatic heterocycles. The van der Waals surface area contributed by atoms with E-state index in [2.05, 4.69) is 12.2 Å². The van der Waals surface area contributed by atoms with Gasteiger partial charge in [0.05, 0.1) is 5.56 Å². The first-order chi connectivity index (χ1) is 8.24. The van der Waals surface area contributed by atoms with E-state index in [1.165, 1.54) is 0 Å². The molecule has 92 valence electrons. The number of carbonyl (C=O) groups is 1. The Labute approximate surface area is 103 Å². The van der Waals surface area contributed by atoms with Gasteiger partial charge in [0.1, 0.15) is 0 Å². The normalized spacial score (nSPS) is 14.5. The lowest BCUT2D eigenvalue weighted by molar-refractivity contribution is 0.0786. The first-order valence-corrected chi connectivity index (χ1v) is 6.34. The molecular formula is C14H20N2O. The number of carbonyl (C=O) groups excluding carboxylic acids is 1. The van der Waals surface area contributed by atoms with Crippen molar-refractivity contribution in [3.63, 3.8) is 0 Å². The maximum atomic E-state index is 12.3. The molecule has 1 aromatic carbocycles. The first kappa shape index (κ1) is 12.0. The van der Waals surface area contributed by atoms with Gasteiger partial charge in [-0.25, -0.2) is 0 Å². The molecule has 1 aromatic rings. The average molecular weight is 232 g/mol. The van der Waals surface area contributed by atoms with Gasteiger partial charge in [0.15, 0.2) is 0 Å². The van der Waals surface area contributed by atoms with Crippen molar-refractivity contribution in [3.8, 4) is 0 Å². The van der Waals surface area contributed by atoms with E-state index in [9.17, 15) is 4.79 Å². The number of hydrogen-bond donors (Lipinski definition) is 1. The molecule has 1 amide bonds. The third-order valence-electron chi connectivity index (χ3n) is 3.14. The minimum atomic E-state index is 0.131. The van der Waals surface area contributed by atoms with Crippen molar-refractivity contribution < 1.29 is 4.79 Å². The highest BCUT2D eigenvalue weighted by Gasteiger charge is 2.30. The van der Waals surface area contributed by atoms with Gasteiger partial charge in [-0.2, -0.15) is 0 Å². The molecule has 0 radical (unpaired) electrons. The predicted molar refractivity (Wildman–Crippen MR) is 70.3 cm³/mol. The van der Waals surface area contributed by atoms with Crippen LogP contribution >= 0.6 is 0 Å². The van der Waals surface area contributed by atoms with Gasteiger partial charge < -0.3 is 10.2 Å². The van der Waals surface area contributed by atoms with Crippen LogP contribution in [0.25, 0.3) is 0 Å². The number of para-hydroxylation sites is 1. The van der Waals surface area contributed by atoms with Gasteiger partial charge in [0, 0.05) is 25.3 Å². The highest BCUT2D eigenvalue weighted by Crippen LogP contribution is 2.28. The van der Waals surface area contributed by atoms with Crippen molar-refractivity contribution >= 4 is 11.6 Å². The summed E-state index contributed by atoms with van der Waals surface area (Å²) in [6.07, 6.45) is 3.35. The fourth-order valence-electron chi connectivity index (χ4n) is 1.90. The van der Waals surface area contributed by atoms with E-state index in [-0.39, 0.29) is 5.91 Å². The maximum Gasteiger partial charge on any atom is 0.255 e. The van der Waals surface area contributed by atoms with Crippen LogP contribution in [0.5, 0.6) is 0 Å². The molecule has 0 atom stereocenters. The van der Waals surface area contributed by atoms with Crippen LogP contribution in [0, 0.1) is 0 Å². The van der Waals surface area contributed by atoms with E-state index in [4.69, 9.17) is 0 Å².